The average molecular weight is 459 g/mol. The summed E-state index contributed by atoms with van der Waals surface area (Å²) >= 11 is 6.78. The molecule has 8 heteroatoms. The second kappa shape index (κ2) is 10.0. The lowest BCUT2D eigenvalue weighted by molar-refractivity contribution is -0.122. The summed E-state index contributed by atoms with van der Waals surface area (Å²) in [5, 5.41) is 9.61. The second-order valence-corrected chi connectivity index (χ2v) is 10.3. The summed E-state index contributed by atoms with van der Waals surface area (Å²) in [5.74, 6) is 1.17. The van der Waals surface area contributed by atoms with Gasteiger partial charge in [-0.05, 0) is 43.7 Å². The van der Waals surface area contributed by atoms with Crippen LogP contribution in [0, 0.1) is 24.2 Å². The monoisotopic (exact) mass is 458 g/mol. The Morgan fingerprint density at radius 1 is 1.19 bits per heavy atom. The number of pyridine rings is 1. The number of rotatable bonds is 5. The first kappa shape index (κ1) is 23.6. The molecule has 1 amide bonds. The highest BCUT2D eigenvalue weighted by Gasteiger charge is 2.33. The number of amides is 1. The second-order valence-electron chi connectivity index (χ2n) is 8.63. The lowest BCUT2D eigenvalue weighted by atomic mass is 10.0. The summed E-state index contributed by atoms with van der Waals surface area (Å²) in [6.45, 7) is 8.36. The van der Waals surface area contributed by atoms with Crippen molar-refractivity contribution < 1.29 is 4.79 Å². The summed E-state index contributed by atoms with van der Waals surface area (Å²) in [6, 6.07) is 2.06. The van der Waals surface area contributed by atoms with Gasteiger partial charge in [-0.3, -0.25) is 19.1 Å². The molecule has 1 aromatic heterocycles. The molecule has 0 N–H and O–H groups in total. The van der Waals surface area contributed by atoms with Crippen LogP contribution >= 0.6 is 24.0 Å². The van der Waals surface area contributed by atoms with Crippen LogP contribution in [0.3, 0.4) is 0 Å². The highest BCUT2D eigenvalue weighted by atomic mass is 32.2. The SMILES string of the molecule is Cc1c(/C=C2\SC(=S)N(CCC(C)C)C2=O)c(N2CCCCCC2)n(C)c(=O)c1C#N. The molecule has 166 valence electrons. The van der Waals surface area contributed by atoms with Crippen LogP contribution in [-0.2, 0) is 11.8 Å². The maximum atomic E-state index is 13.1. The Morgan fingerprint density at radius 3 is 2.42 bits per heavy atom. The van der Waals surface area contributed by atoms with Gasteiger partial charge in [0.15, 0.2) is 0 Å². The lowest BCUT2D eigenvalue weighted by Crippen LogP contribution is -2.34. The molecule has 0 saturated carbocycles. The number of carbonyl (C=O) groups is 1. The van der Waals surface area contributed by atoms with E-state index < -0.39 is 0 Å². The Labute approximate surface area is 193 Å². The van der Waals surface area contributed by atoms with Crippen LogP contribution in [0.5, 0.6) is 0 Å². The Kier molecular flexibility index (Phi) is 7.60. The predicted molar refractivity (Wildman–Crippen MR) is 131 cm³/mol. The van der Waals surface area contributed by atoms with Gasteiger partial charge in [0.05, 0.1) is 4.91 Å². The molecule has 6 nitrogen and oxygen atoms in total. The molecule has 2 aliphatic heterocycles. The van der Waals surface area contributed by atoms with E-state index in [1.165, 1.54) is 24.6 Å². The molecular formula is C23H30N4O2S2. The molecule has 2 saturated heterocycles. The first-order valence-electron chi connectivity index (χ1n) is 10.9. The van der Waals surface area contributed by atoms with Crippen LogP contribution in [0.1, 0.15) is 62.6 Å². The quantitative estimate of drug-likeness (QED) is 0.487. The van der Waals surface area contributed by atoms with Crippen LogP contribution in [0.2, 0.25) is 0 Å². The number of anilines is 1. The fourth-order valence-corrected chi connectivity index (χ4v) is 5.38. The van der Waals surface area contributed by atoms with E-state index in [1.54, 1.807) is 23.4 Å². The zero-order chi connectivity index (χ0) is 22.7. The van der Waals surface area contributed by atoms with E-state index >= 15 is 0 Å². The van der Waals surface area contributed by atoms with E-state index in [0.717, 1.165) is 43.7 Å². The normalized spacial score (nSPS) is 18.8. The first-order chi connectivity index (χ1) is 14.8. The van der Waals surface area contributed by atoms with Crippen LogP contribution in [-0.4, -0.2) is 39.3 Å². The first-order valence-corrected chi connectivity index (χ1v) is 12.1. The third kappa shape index (κ3) is 4.88. The van der Waals surface area contributed by atoms with E-state index in [0.29, 0.717) is 27.3 Å². The molecule has 2 fully saturated rings. The minimum atomic E-state index is -0.291. The fourth-order valence-electron chi connectivity index (χ4n) is 4.09. The molecular weight excluding hydrogens is 428 g/mol. The predicted octanol–water partition coefficient (Wildman–Crippen LogP) is 4.19. The van der Waals surface area contributed by atoms with E-state index in [1.807, 2.05) is 6.08 Å². The van der Waals surface area contributed by atoms with Crippen molar-refractivity contribution in [2.24, 2.45) is 13.0 Å². The third-order valence-corrected chi connectivity index (χ3v) is 7.33. The molecule has 0 unspecified atom stereocenters. The number of thioether (sulfide) groups is 1. The molecule has 3 heterocycles. The van der Waals surface area contributed by atoms with Crippen molar-refractivity contribution in [2.75, 3.05) is 24.5 Å². The highest BCUT2D eigenvalue weighted by Crippen LogP contribution is 2.36. The van der Waals surface area contributed by atoms with Crippen molar-refractivity contribution in [1.82, 2.24) is 9.47 Å². The topological polar surface area (TPSA) is 69.3 Å². The van der Waals surface area contributed by atoms with Crippen molar-refractivity contribution >= 4 is 46.1 Å². The molecule has 0 aliphatic carbocycles. The van der Waals surface area contributed by atoms with Gasteiger partial charge in [-0.15, -0.1) is 0 Å². The van der Waals surface area contributed by atoms with Crippen molar-refractivity contribution in [1.29, 1.82) is 5.26 Å². The summed E-state index contributed by atoms with van der Waals surface area (Å²) < 4.78 is 2.14. The van der Waals surface area contributed by atoms with Gasteiger partial charge < -0.3 is 4.90 Å². The fraction of sp³-hybridized carbons (Fsp3) is 0.565. The van der Waals surface area contributed by atoms with Crippen molar-refractivity contribution in [3.05, 3.63) is 31.9 Å². The smallest absolute Gasteiger partial charge is 0.270 e. The molecule has 0 bridgehead atoms. The third-order valence-electron chi connectivity index (χ3n) is 5.95. The Hall–Kier alpha value is -2.11. The maximum Gasteiger partial charge on any atom is 0.270 e. The summed E-state index contributed by atoms with van der Waals surface area (Å²) in [5.41, 5.74) is 1.23. The number of hydrogen-bond donors (Lipinski definition) is 0. The molecule has 31 heavy (non-hydrogen) atoms. The van der Waals surface area contributed by atoms with Gasteiger partial charge in [-0.2, -0.15) is 5.26 Å². The maximum absolute atomic E-state index is 13.1. The van der Waals surface area contributed by atoms with E-state index in [2.05, 4.69) is 24.8 Å². The Morgan fingerprint density at radius 2 is 1.84 bits per heavy atom. The van der Waals surface area contributed by atoms with Crippen molar-refractivity contribution in [3.63, 3.8) is 0 Å². The molecule has 0 spiro atoms. The van der Waals surface area contributed by atoms with Gasteiger partial charge in [0.2, 0.25) is 0 Å². The summed E-state index contributed by atoms with van der Waals surface area (Å²) in [6.07, 6.45) is 7.18. The summed E-state index contributed by atoms with van der Waals surface area (Å²) in [7, 11) is 1.72. The molecule has 2 aliphatic rings. The number of nitriles is 1. The van der Waals surface area contributed by atoms with Gasteiger partial charge in [-0.25, -0.2) is 0 Å². The number of carbonyl (C=O) groups excluding carboxylic acids is 1. The number of nitrogens with zero attached hydrogens (tertiary/aromatic N) is 4. The van der Waals surface area contributed by atoms with Gasteiger partial charge in [0, 0.05) is 32.2 Å². The number of thiocarbonyl (C=S) groups is 1. The zero-order valence-corrected chi connectivity index (χ0v) is 20.4. The lowest BCUT2D eigenvalue weighted by Gasteiger charge is -2.28. The number of hydrogen-bond acceptors (Lipinski definition) is 6. The standard InChI is InChI=1S/C23H30N4O2S2/c1-15(2)9-12-27-22(29)19(31-23(27)30)13-17-16(3)18(14-24)21(28)25(4)20(17)26-10-7-5-6-8-11-26/h13,15H,5-12H2,1-4H3/b19-13-. The van der Waals surface area contributed by atoms with Crippen molar-refractivity contribution in [2.45, 2.75) is 52.9 Å². The molecule has 3 rings (SSSR count). The van der Waals surface area contributed by atoms with Crippen LogP contribution in [0.25, 0.3) is 6.08 Å². The van der Waals surface area contributed by atoms with Crippen LogP contribution in [0.15, 0.2) is 9.70 Å². The van der Waals surface area contributed by atoms with Crippen LogP contribution < -0.4 is 10.5 Å². The Bertz CT molecular complexity index is 1010. The van der Waals surface area contributed by atoms with Crippen LogP contribution in [0.4, 0.5) is 5.82 Å². The zero-order valence-electron chi connectivity index (χ0n) is 18.7. The average Bonchev–Trinajstić information content (AvgIpc) is 2.90. The molecule has 0 radical (unpaired) electrons. The molecule has 0 atom stereocenters. The summed E-state index contributed by atoms with van der Waals surface area (Å²) in [4.78, 5) is 30.4. The van der Waals surface area contributed by atoms with E-state index in [4.69, 9.17) is 12.2 Å². The highest BCUT2D eigenvalue weighted by molar-refractivity contribution is 8.26. The minimum Gasteiger partial charge on any atom is -0.357 e. The van der Waals surface area contributed by atoms with Gasteiger partial charge in [0.25, 0.3) is 11.5 Å². The van der Waals surface area contributed by atoms with E-state index in [9.17, 15) is 14.9 Å². The molecule has 1 aromatic rings. The van der Waals surface area contributed by atoms with Gasteiger partial charge in [-0.1, -0.05) is 50.7 Å². The number of aromatic nitrogens is 1. The largest absolute Gasteiger partial charge is 0.357 e. The minimum absolute atomic E-state index is 0.0933. The Balaban J connectivity index is 2.10. The van der Waals surface area contributed by atoms with E-state index in [-0.39, 0.29) is 17.0 Å². The van der Waals surface area contributed by atoms with Gasteiger partial charge >= 0.3 is 0 Å². The van der Waals surface area contributed by atoms with Crippen molar-refractivity contribution in [3.8, 4) is 6.07 Å². The van der Waals surface area contributed by atoms with Gasteiger partial charge in [0.1, 0.15) is 21.8 Å². The molecule has 0 aromatic carbocycles.